The summed E-state index contributed by atoms with van der Waals surface area (Å²) in [7, 11) is 0. The predicted molar refractivity (Wildman–Crippen MR) is 183 cm³/mol. The molecule has 200 valence electrons. The van der Waals surface area contributed by atoms with Crippen LogP contribution in [0, 0.1) is 0 Å². The quantitative estimate of drug-likeness (QED) is 0.197. The van der Waals surface area contributed by atoms with Crippen molar-refractivity contribution in [3.05, 3.63) is 145 Å². The Labute approximate surface area is 251 Å². The standard InChI is InChI=1S/C40H23ClN2/c41-26-21-19-24(20-22-26)29-13-6-15-31-36-28-12-5-4-9-25(28)23-32-30-14-7-16-33-37(30)38-34(42(33)27-10-2-1-3-11-27)17-8-18-35(38)43(39(29)31)40(32)36/h1-23H. The van der Waals surface area contributed by atoms with E-state index in [0.29, 0.717) is 0 Å². The first-order valence-corrected chi connectivity index (χ1v) is 15.0. The Bertz CT molecular complexity index is 2710. The molecule has 0 radical (unpaired) electrons. The van der Waals surface area contributed by atoms with Crippen molar-refractivity contribution in [2.45, 2.75) is 0 Å². The summed E-state index contributed by atoms with van der Waals surface area (Å²) in [6.45, 7) is 0. The third-order valence-corrected chi connectivity index (χ3v) is 9.52. The Hall–Kier alpha value is -5.31. The van der Waals surface area contributed by atoms with Crippen molar-refractivity contribution in [2.24, 2.45) is 0 Å². The molecule has 43 heavy (non-hydrogen) atoms. The van der Waals surface area contributed by atoms with Gasteiger partial charge in [-0.15, -0.1) is 0 Å². The Balaban J connectivity index is 1.58. The smallest absolute Gasteiger partial charge is 0.0626 e. The summed E-state index contributed by atoms with van der Waals surface area (Å²) in [5, 5.41) is 10.9. The Kier molecular flexibility index (Phi) is 4.53. The molecule has 10 aromatic rings. The first-order chi connectivity index (χ1) is 21.3. The summed E-state index contributed by atoms with van der Waals surface area (Å²) < 4.78 is 4.97. The fourth-order valence-corrected chi connectivity index (χ4v) is 7.73. The van der Waals surface area contributed by atoms with Gasteiger partial charge in [0.15, 0.2) is 0 Å². The van der Waals surface area contributed by atoms with Gasteiger partial charge in [0.2, 0.25) is 0 Å². The third kappa shape index (κ3) is 2.98. The number of halogens is 1. The van der Waals surface area contributed by atoms with E-state index in [9.17, 15) is 0 Å². The van der Waals surface area contributed by atoms with Gasteiger partial charge in [0, 0.05) is 43.2 Å². The number of rotatable bonds is 2. The summed E-state index contributed by atoms with van der Waals surface area (Å²) in [6.07, 6.45) is 0. The lowest BCUT2D eigenvalue weighted by Crippen LogP contribution is -1.94. The fourth-order valence-electron chi connectivity index (χ4n) is 7.60. The molecule has 2 nitrogen and oxygen atoms in total. The molecule has 0 N–H and O–H groups in total. The van der Waals surface area contributed by atoms with Crippen molar-refractivity contribution in [3.8, 4) is 16.8 Å². The molecule has 0 aliphatic heterocycles. The van der Waals surface area contributed by atoms with Crippen molar-refractivity contribution < 1.29 is 0 Å². The third-order valence-electron chi connectivity index (χ3n) is 9.27. The van der Waals surface area contributed by atoms with Gasteiger partial charge in [0.05, 0.1) is 27.6 Å². The predicted octanol–water partition coefficient (Wildman–Crippen LogP) is 11.4. The molecule has 0 atom stereocenters. The largest absolute Gasteiger partial charge is 0.309 e. The van der Waals surface area contributed by atoms with Crippen LogP contribution in [0.1, 0.15) is 0 Å². The average molecular weight is 567 g/mol. The van der Waals surface area contributed by atoms with E-state index in [1.807, 2.05) is 12.1 Å². The van der Waals surface area contributed by atoms with Crippen LogP contribution in [0.25, 0.3) is 87.5 Å². The summed E-state index contributed by atoms with van der Waals surface area (Å²) in [6, 6.07) is 50.5. The summed E-state index contributed by atoms with van der Waals surface area (Å²) in [4.78, 5) is 0. The number of fused-ring (bicyclic) bond motifs is 7. The first kappa shape index (κ1) is 23.3. The Morgan fingerprint density at radius 2 is 1.12 bits per heavy atom. The van der Waals surface area contributed by atoms with Crippen molar-refractivity contribution in [1.29, 1.82) is 0 Å². The molecule has 10 rings (SSSR count). The molecule has 0 spiro atoms. The monoisotopic (exact) mass is 566 g/mol. The second-order valence-corrected chi connectivity index (χ2v) is 11.9. The van der Waals surface area contributed by atoms with Gasteiger partial charge in [-0.2, -0.15) is 0 Å². The summed E-state index contributed by atoms with van der Waals surface area (Å²) >= 11 is 6.35. The number of aromatic nitrogens is 2. The molecule has 0 saturated carbocycles. The van der Waals surface area contributed by atoms with Crippen LogP contribution in [0.5, 0.6) is 0 Å². The van der Waals surface area contributed by atoms with E-state index < -0.39 is 0 Å². The van der Waals surface area contributed by atoms with Crippen LogP contribution in [-0.2, 0) is 0 Å². The molecular weight excluding hydrogens is 544 g/mol. The molecular formula is C40H23ClN2. The van der Waals surface area contributed by atoms with E-state index in [1.54, 1.807) is 0 Å². The SMILES string of the molecule is Clc1ccc(-c2cccc3c4c5ccccc5cc5c6cccc7c6c6c(cccc6n(c23)c54)n7-c2ccccc2)cc1. The van der Waals surface area contributed by atoms with Crippen molar-refractivity contribution in [2.75, 3.05) is 0 Å². The Morgan fingerprint density at radius 1 is 0.442 bits per heavy atom. The molecule has 7 aromatic carbocycles. The topological polar surface area (TPSA) is 9.34 Å². The number of para-hydroxylation sites is 2. The van der Waals surface area contributed by atoms with Gasteiger partial charge in [0.25, 0.3) is 0 Å². The second kappa shape index (κ2) is 8.38. The van der Waals surface area contributed by atoms with E-state index in [2.05, 4.69) is 136 Å². The number of hydrogen-bond donors (Lipinski definition) is 0. The minimum Gasteiger partial charge on any atom is -0.309 e. The van der Waals surface area contributed by atoms with Crippen LogP contribution < -0.4 is 0 Å². The molecule has 0 amide bonds. The highest BCUT2D eigenvalue weighted by Crippen LogP contribution is 2.47. The molecule has 0 aliphatic rings. The minimum atomic E-state index is 0.743. The number of nitrogens with zero attached hydrogens (tertiary/aromatic N) is 2. The van der Waals surface area contributed by atoms with Gasteiger partial charge in [-0.05, 0) is 70.3 Å². The van der Waals surface area contributed by atoms with E-state index in [1.165, 1.54) is 81.9 Å². The van der Waals surface area contributed by atoms with Crippen molar-refractivity contribution in [3.63, 3.8) is 0 Å². The van der Waals surface area contributed by atoms with Gasteiger partial charge in [-0.1, -0.05) is 103 Å². The maximum Gasteiger partial charge on any atom is 0.0626 e. The van der Waals surface area contributed by atoms with Crippen molar-refractivity contribution >= 4 is 82.3 Å². The van der Waals surface area contributed by atoms with Crippen LogP contribution in [-0.4, -0.2) is 8.97 Å². The lowest BCUT2D eigenvalue weighted by Gasteiger charge is -2.10. The van der Waals surface area contributed by atoms with Crippen molar-refractivity contribution in [1.82, 2.24) is 8.97 Å². The molecule has 0 saturated heterocycles. The average Bonchev–Trinajstić information content (AvgIpc) is 3.55. The van der Waals surface area contributed by atoms with Gasteiger partial charge >= 0.3 is 0 Å². The highest BCUT2D eigenvalue weighted by atomic mass is 35.5. The lowest BCUT2D eigenvalue weighted by molar-refractivity contribution is 1.18. The van der Waals surface area contributed by atoms with E-state index in [0.717, 1.165) is 10.6 Å². The highest BCUT2D eigenvalue weighted by Gasteiger charge is 2.24. The van der Waals surface area contributed by atoms with Crippen LogP contribution in [0.15, 0.2) is 140 Å². The lowest BCUT2D eigenvalue weighted by atomic mass is 9.97. The molecule has 0 bridgehead atoms. The summed E-state index contributed by atoms with van der Waals surface area (Å²) in [5.41, 5.74) is 9.64. The fraction of sp³-hybridized carbons (Fsp3) is 0. The van der Waals surface area contributed by atoms with E-state index in [-0.39, 0.29) is 0 Å². The molecule has 3 heterocycles. The highest BCUT2D eigenvalue weighted by molar-refractivity contribution is 6.35. The van der Waals surface area contributed by atoms with Crippen LogP contribution in [0.3, 0.4) is 0 Å². The van der Waals surface area contributed by atoms with Gasteiger partial charge in [0.1, 0.15) is 0 Å². The maximum absolute atomic E-state index is 6.35. The molecule has 0 fully saturated rings. The van der Waals surface area contributed by atoms with Crippen LogP contribution in [0.2, 0.25) is 5.02 Å². The zero-order chi connectivity index (χ0) is 28.2. The van der Waals surface area contributed by atoms with Crippen LogP contribution in [0.4, 0.5) is 0 Å². The molecule has 3 aromatic heterocycles. The number of benzene rings is 7. The normalized spacial score (nSPS) is 12.3. The van der Waals surface area contributed by atoms with Gasteiger partial charge < -0.3 is 8.97 Å². The van der Waals surface area contributed by atoms with Gasteiger partial charge in [-0.3, -0.25) is 0 Å². The summed E-state index contributed by atoms with van der Waals surface area (Å²) in [5.74, 6) is 0. The first-order valence-electron chi connectivity index (χ1n) is 14.6. The van der Waals surface area contributed by atoms with E-state index >= 15 is 0 Å². The zero-order valence-electron chi connectivity index (χ0n) is 23.1. The molecule has 3 heteroatoms. The Morgan fingerprint density at radius 3 is 1.98 bits per heavy atom. The second-order valence-electron chi connectivity index (χ2n) is 11.5. The molecule has 0 unspecified atom stereocenters. The number of hydrogen-bond acceptors (Lipinski definition) is 0. The zero-order valence-corrected chi connectivity index (χ0v) is 23.8. The van der Waals surface area contributed by atoms with Crippen LogP contribution >= 0.6 is 11.6 Å². The van der Waals surface area contributed by atoms with E-state index in [4.69, 9.17) is 11.6 Å². The molecule has 0 aliphatic carbocycles. The minimum absolute atomic E-state index is 0.743. The van der Waals surface area contributed by atoms with Gasteiger partial charge in [-0.25, -0.2) is 0 Å². The maximum atomic E-state index is 6.35.